The van der Waals surface area contributed by atoms with Crippen LogP contribution in [-0.2, 0) is 4.79 Å². The normalized spacial score (nSPS) is 17.9. The van der Waals surface area contributed by atoms with Crippen molar-refractivity contribution < 1.29 is 18.0 Å². The largest absolute Gasteiger partial charge is 0.441 e. The number of nitrogens with zero attached hydrogens (tertiary/aromatic N) is 4. The lowest BCUT2D eigenvalue weighted by atomic mass is 10.1. The van der Waals surface area contributed by atoms with E-state index in [4.69, 9.17) is 5.41 Å². The Morgan fingerprint density at radius 2 is 1.81 bits per heavy atom. The first-order valence-corrected chi connectivity index (χ1v) is 9.87. The molecule has 0 unspecified atom stereocenters. The van der Waals surface area contributed by atoms with Gasteiger partial charge in [0.2, 0.25) is 10.2 Å². The number of nitrogens with one attached hydrogen (secondary N) is 1. The molecule has 3 aromatic rings. The molecule has 0 radical (unpaired) electrons. The molecule has 1 amide bonds. The van der Waals surface area contributed by atoms with Gasteiger partial charge < -0.3 is 4.57 Å². The van der Waals surface area contributed by atoms with Crippen LogP contribution in [0.2, 0.25) is 0 Å². The fraction of sp³-hybridized carbons (Fsp3) is 0.0476. The number of amidine groups is 2. The number of carbonyl (C=O) groups is 1. The van der Waals surface area contributed by atoms with Crippen LogP contribution in [0.3, 0.4) is 0 Å². The summed E-state index contributed by atoms with van der Waals surface area (Å²) in [6.45, 7) is 0. The van der Waals surface area contributed by atoms with Crippen LogP contribution in [0.4, 0.5) is 13.2 Å². The highest BCUT2D eigenvalue weighted by atomic mass is 32.2. The number of amides is 1. The van der Waals surface area contributed by atoms with Crippen molar-refractivity contribution in [3.63, 3.8) is 0 Å². The third-order valence-electron chi connectivity index (χ3n) is 4.78. The van der Waals surface area contributed by atoms with E-state index in [-0.39, 0.29) is 22.5 Å². The molecule has 0 atom stereocenters. The van der Waals surface area contributed by atoms with E-state index in [1.54, 1.807) is 18.3 Å². The molecule has 0 aliphatic carbocycles. The van der Waals surface area contributed by atoms with Gasteiger partial charge >= 0.3 is 6.18 Å². The Morgan fingerprint density at radius 3 is 2.58 bits per heavy atom. The molecule has 0 saturated carbocycles. The molecule has 6 nitrogen and oxygen atoms in total. The Balaban J connectivity index is 1.54. The molecule has 0 saturated heterocycles. The molecule has 0 fully saturated rings. The van der Waals surface area contributed by atoms with Gasteiger partial charge in [0, 0.05) is 17.6 Å². The fourth-order valence-electron chi connectivity index (χ4n) is 3.33. The summed E-state index contributed by atoms with van der Waals surface area (Å²) in [5, 5.41) is 13.1. The highest BCUT2D eigenvalue weighted by molar-refractivity contribution is 8.27. The van der Waals surface area contributed by atoms with Crippen molar-refractivity contribution >= 4 is 50.6 Å². The maximum absolute atomic E-state index is 13.0. The summed E-state index contributed by atoms with van der Waals surface area (Å²) in [4.78, 5) is 16.2. The van der Waals surface area contributed by atoms with Crippen LogP contribution in [0.25, 0.3) is 22.5 Å². The molecule has 10 heteroatoms. The first-order valence-electron chi connectivity index (χ1n) is 9.05. The van der Waals surface area contributed by atoms with Crippen molar-refractivity contribution in [2.75, 3.05) is 0 Å². The van der Waals surface area contributed by atoms with E-state index in [2.05, 4.69) is 10.1 Å². The highest BCUT2D eigenvalue weighted by Crippen LogP contribution is 2.35. The predicted octanol–water partition coefficient (Wildman–Crippen LogP) is 4.81. The van der Waals surface area contributed by atoms with Gasteiger partial charge in [-0.05, 0) is 52.9 Å². The van der Waals surface area contributed by atoms with E-state index in [0.717, 1.165) is 21.5 Å². The Morgan fingerprint density at radius 1 is 1.03 bits per heavy atom. The first-order chi connectivity index (χ1) is 14.8. The molecule has 2 aliphatic rings. The molecular formula is C21H12F3N5OS. The number of rotatable bonds is 2. The number of fused-ring (bicyclic) bond motifs is 2. The minimum absolute atomic E-state index is 0.141. The number of hydrogen-bond acceptors (Lipinski definition) is 4. The Kier molecular flexibility index (Phi) is 4.33. The average Bonchev–Trinajstić information content (AvgIpc) is 3.37. The zero-order valence-electron chi connectivity index (χ0n) is 15.6. The topological polar surface area (TPSA) is 73.8 Å². The summed E-state index contributed by atoms with van der Waals surface area (Å²) in [6.07, 6.45) is -1.44. The number of benzene rings is 2. The van der Waals surface area contributed by atoms with E-state index in [1.165, 1.54) is 6.08 Å². The van der Waals surface area contributed by atoms with Gasteiger partial charge in [0.25, 0.3) is 5.91 Å². The summed E-state index contributed by atoms with van der Waals surface area (Å²) >= 11 is 0.227. The molecule has 2 aliphatic heterocycles. The van der Waals surface area contributed by atoms with E-state index >= 15 is 0 Å². The van der Waals surface area contributed by atoms with Gasteiger partial charge in [0.1, 0.15) is 0 Å². The van der Waals surface area contributed by atoms with Crippen molar-refractivity contribution in [3.05, 3.63) is 72.1 Å². The maximum Gasteiger partial charge on any atom is 0.441 e. The number of hydrazone groups is 1. The van der Waals surface area contributed by atoms with Gasteiger partial charge in [-0.3, -0.25) is 10.2 Å². The van der Waals surface area contributed by atoms with Crippen LogP contribution < -0.4 is 0 Å². The van der Waals surface area contributed by atoms with Gasteiger partial charge in [-0.25, -0.2) is 0 Å². The van der Waals surface area contributed by atoms with Crippen molar-refractivity contribution in [3.8, 4) is 5.69 Å². The van der Waals surface area contributed by atoms with E-state index in [1.807, 2.05) is 47.0 Å². The maximum atomic E-state index is 13.0. The summed E-state index contributed by atoms with van der Waals surface area (Å²) in [5.74, 6) is -1.23. The van der Waals surface area contributed by atoms with Gasteiger partial charge in [0.15, 0.2) is 5.84 Å². The monoisotopic (exact) mass is 439 g/mol. The van der Waals surface area contributed by atoms with Crippen LogP contribution in [0.1, 0.15) is 5.69 Å². The predicted molar refractivity (Wildman–Crippen MR) is 114 cm³/mol. The summed E-state index contributed by atoms with van der Waals surface area (Å²) in [7, 11) is 0. The van der Waals surface area contributed by atoms with Gasteiger partial charge in [-0.2, -0.15) is 28.3 Å². The van der Waals surface area contributed by atoms with Gasteiger partial charge in [-0.15, -0.1) is 0 Å². The van der Waals surface area contributed by atoms with Crippen LogP contribution in [-0.4, -0.2) is 37.7 Å². The second-order valence-electron chi connectivity index (χ2n) is 6.76. The summed E-state index contributed by atoms with van der Waals surface area (Å²) in [5.41, 5.74) is 1.27. The van der Waals surface area contributed by atoms with Crippen LogP contribution in [0, 0.1) is 5.41 Å². The standard InChI is InChI=1S/C21H12F3N5OS/c22-21(23,24)19-27-29-17(25)16(18(30)26-20(29)31-19)11-14-6-3-9-28(14)15-8-7-12-4-1-2-5-13(12)10-15/h1-11,25H/b16-11+,25-17?. The number of carbonyl (C=O) groups excluding carboxylic acids is 1. The smallest absolute Gasteiger partial charge is 0.317 e. The molecule has 1 aromatic heterocycles. The molecule has 0 bridgehead atoms. The zero-order valence-corrected chi connectivity index (χ0v) is 16.4. The quantitative estimate of drug-likeness (QED) is 0.583. The zero-order chi connectivity index (χ0) is 21.8. The molecule has 0 spiro atoms. The Bertz CT molecular complexity index is 1350. The summed E-state index contributed by atoms with van der Waals surface area (Å²) < 4.78 is 40.7. The lowest BCUT2D eigenvalue weighted by Crippen LogP contribution is -2.35. The number of aliphatic imine (C=N–C) groups is 1. The SMILES string of the molecule is N=C1/C(=C\c2cccn2-c2ccc3ccccc3c2)C(=O)N=C2SC(C(F)(F)F)=NN12. The molecule has 3 heterocycles. The molecular weight excluding hydrogens is 427 g/mol. The lowest BCUT2D eigenvalue weighted by molar-refractivity contribution is -0.114. The fourth-order valence-corrected chi connectivity index (χ4v) is 4.09. The number of alkyl halides is 3. The van der Waals surface area contributed by atoms with Crippen molar-refractivity contribution in [1.82, 2.24) is 9.58 Å². The highest BCUT2D eigenvalue weighted by Gasteiger charge is 2.46. The molecule has 31 heavy (non-hydrogen) atoms. The van der Waals surface area contributed by atoms with Crippen molar-refractivity contribution in [2.45, 2.75) is 6.18 Å². The third kappa shape index (κ3) is 3.34. The molecule has 5 rings (SSSR count). The number of aromatic nitrogens is 1. The first kappa shape index (κ1) is 19.3. The third-order valence-corrected chi connectivity index (χ3v) is 5.73. The van der Waals surface area contributed by atoms with Crippen LogP contribution in [0.15, 0.2) is 76.5 Å². The van der Waals surface area contributed by atoms with E-state index in [9.17, 15) is 18.0 Å². The second kappa shape index (κ2) is 6.95. The van der Waals surface area contributed by atoms with E-state index in [0.29, 0.717) is 5.69 Å². The van der Waals surface area contributed by atoms with E-state index < -0.39 is 23.0 Å². The van der Waals surface area contributed by atoms with Crippen molar-refractivity contribution in [2.24, 2.45) is 10.1 Å². The van der Waals surface area contributed by atoms with Crippen LogP contribution >= 0.6 is 11.8 Å². The van der Waals surface area contributed by atoms with Gasteiger partial charge in [-0.1, -0.05) is 30.3 Å². The number of hydrogen-bond donors (Lipinski definition) is 1. The van der Waals surface area contributed by atoms with Crippen molar-refractivity contribution in [1.29, 1.82) is 5.41 Å². The van der Waals surface area contributed by atoms with Gasteiger partial charge in [0.05, 0.1) is 5.57 Å². The number of thioether (sulfide) groups is 1. The average molecular weight is 439 g/mol. The Labute approximate surface area is 177 Å². The minimum atomic E-state index is -4.68. The minimum Gasteiger partial charge on any atom is -0.317 e. The molecule has 2 aromatic carbocycles. The summed E-state index contributed by atoms with van der Waals surface area (Å²) in [6, 6.07) is 17.3. The molecule has 154 valence electrons. The number of halogens is 3. The van der Waals surface area contributed by atoms with Crippen LogP contribution in [0.5, 0.6) is 0 Å². The second-order valence-corrected chi connectivity index (χ2v) is 7.71. The Hall–Kier alpha value is -3.66. The molecule has 1 N–H and O–H groups in total. The lowest BCUT2D eigenvalue weighted by Gasteiger charge is -2.20.